The lowest BCUT2D eigenvalue weighted by Crippen LogP contribution is -2.31. The lowest BCUT2D eigenvalue weighted by molar-refractivity contribution is -0.259. The Balaban J connectivity index is 3.30. The summed E-state index contributed by atoms with van der Waals surface area (Å²) in [6.07, 6.45) is -0.0460. The molecule has 0 aromatic heterocycles. The Hall–Kier alpha value is -2.63. The van der Waals surface area contributed by atoms with Crippen LogP contribution in [-0.4, -0.2) is 17.9 Å². The number of rotatable bonds is 5. The van der Waals surface area contributed by atoms with Crippen LogP contribution in [0.25, 0.3) is 0 Å². The highest BCUT2D eigenvalue weighted by Gasteiger charge is 2.17. The molecule has 0 saturated heterocycles. The van der Waals surface area contributed by atoms with Crippen molar-refractivity contribution >= 4 is 17.9 Å². The summed E-state index contributed by atoms with van der Waals surface area (Å²) in [4.78, 5) is 33.0. The summed E-state index contributed by atoms with van der Waals surface area (Å²) in [5, 5.41) is 21.9. The third-order valence-corrected chi connectivity index (χ3v) is 2.42. The molecular formula is C13H10O6-2. The van der Waals surface area contributed by atoms with Crippen LogP contribution in [0.3, 0.4) is 0 Å². The van der Waals surface area contributed by atoms with Gasteiger partial charge in [-0.2, -0.15) is 0 Å². The predicted molar refractivity (Wildman–Crippen MR) is 59.8 cm³/mol. The zero-order valence-corrected chi connectivity index (χ0v) is 10.0. The van der Waals surface area contributed by atoms with Crippen LogP contribution in [0.15, 0.2) is 30.9 Å². The molecule has 0 radical (unpaired) electrons. The van der Waals surface area contributed by atoms with Crippen molar-refractivity contribution in [2.45, 2.75) is 13.0 Å². The Morgan fingerprint density at radius 3 is 2.37 bits per heavy atom. The number of benzene rings is 1. The maximum Gasteiger partial charge on any atom is 0.330 e. The first kappa shape index (κ1) is 14.4. The van der Waals surface area contributed by atoms with Gasteiger partial charge in [-0.3, -0.25) is 0 Å². The highest BCUT2D eigenvalue weighted by atomic mass is 16.5. The molecule has 0 bridgehead atoms. The van der Waals surface area contributed by atoms with Gasteiger partial charge in [0.05, 0.1) is 11.9 Å². The van der Waals surface area contributed by atoms with Crippen molar-refractivity contribution in [2.75, 3.05) is 0 Å². The molecule has 0 aliphatic rings. The van der Waals surface area contributed by atoms with Crippen LogP contribution in [0.1, 0.15) is 39.3 Å². The number of hydrogen-bond acceptors (Lipinski definition) is 6. The molecular weight excluding hydrogens is 252 g/mol. The molecule has 1 unspecified atom stereocenters. The normalized spacial score (nSPS) is 11.4. The zero-order valence-electron chi connectivity index (χ0n) is 10.0. The van der Waals surface area contributed by atoms with Crippen LogP contribution in [0, 0.1) is 0 Å². The second-order valence-electron chi connectivity index (χ2n) is 3.63. The molecule has 0 amide bonds. The highest BCUT2D eigenvalue weighted by Crippen LogP contribution is 2.23. The van der Waals surface area contributed by atoms with E-state index < -0.39 is 35.1 Å². The van der Waals surface area contributed by atoms with E-state index in [9.17, 15) is 24.6 Å². The summed E-state index contributed by atoms with van der Waals surface area (Å²) in [5.41, 5.74) is -1.08. The molecule has 6 heteroatoms. The second kappa shape index (κ2) is 5.81. The van der Waals surface area contributed by atoms with Crippen LogP contribution >= 0.6 is 0 Å². The average Bonchev–Trinajstić information content (AvgIpc) is 2.37. The van der Waals surface area contributed by atoms with Crippen LogP contribution in [0.4, 0.5) is 0 Å². The second-order valence-corrected chi connectivity index (χ2v) is 3.63. The molecule has 1 aromatic carbocycles. The Kier molecular flexibility index (Phi) is 4.41. The number of esters is 1. The van der Waals surface area contributed by atoms with E-state index >= 15 is 0 Å². The average molecular weight is 262 g/mol. The van der Waals surface area contributed by atoms with Crippen molar-refractivity contribution in [2.24, 2.45) is 0 Å². The first-order valence-electron chi connectivity index (χ1n) is 5.27. The van der Waals surface area contributed by atoms with E-state index in [0.717, 1.165) is 12.1 Å². The molecule has 1 atom stereocenters. The third-order valence-electron chi connectivity index (χ3n) is 2.42. The zero-order chi connectivity index (χ0) is 14.6. The summed E-state index contributed by atoms with van der Waals surface area (Å²) in [5.74, 6) is -4.09. The number of carbonyl (C=O) groups excluding carboxylic acids is 3. The van der Waals surface area contributed by atoms with Crippen LogP contribution in [-0.2, 0) is 9.53 Å². The van der Waals surface area contributed by atoms with Crippen molar-refractivity contribution in [3.8, 4) is 0 Å². The van der Waals surface area contributed by atoms with Gasteiger partial charge in [0.25, 0.3) is 0 Å². The van der Waals surface area contributed by atoms with Gasteiger partial charge in [0, 0.05) is 22.8 Å². The molecule has 19 heavy (non-hydrogen) atoms. The van der Waals surface area contributed by atoms with Crippen LogP contribution < -0.4 is 10.2 Å². The Morgan fingerprint density at radius 2 is 1.89 bits per heavy atom. The van der Waals surface area contributed by atoms with E-state index in [4.69, 9.17) is 4.74 Å². The van der Waals surface area contributed by atoms with Gasteiger partial charge in [-0.1, -0.05) is 24.8 Å². The van der Waals surface area contributed by atoms with Crippen molar-refractivity contribution < 1.29 is 29.3 Å². The van der Waals surface area contributed by atoms with Gasteiger partial charge < -0.3 is 24.5 Å². The number of ether oxygens (including phenoxy) is 1. The first-order chi connectivity index (χ1) is 8.88. The number of hydrogen-bond donors (Lipinski definition) is 0. The number of carboxylic acids is 2. The first-order valence-corrected chi connectivity index (χ1v) is 5.27. The minimum atomic E-state index is -1.68. The molecule has 0 heterocycles. The van der Waals surface area contributed by atoms with E-state index in [1.807, 2.05) is 0 Å². The molecule has 0 aliphatic carbocycles. The third kappa shape index (κ3) is 3.19. The van der Waals surface area contributed by atoms with Crippen LogP contribution in [0.5, 0.6) is 0 Å². The SMILES string of the molecule is C=CC(=O)OC(C)c1cccc(C(=O)[O-])c1C(=O)[O-]. The van der Waals surface area contributed by atoms with Crippen molar-refractivity contribution in [3.05, 3.63) is 47.5 Å². The van der Waals surface area contributed by atoms with Gasteiger partial charge in [-0.05, 0) is 6.92 Å². The maximum atomic E-state index is 11.1. The molecule has 0 spiro atoms. The van der Waals surface area contributed by atoms with E-state index in [2.05, 4.69) is 6.58 Å². The lowest BCUT2D eigenvalue weighted by atomic mass is 9.97. The Morgan fingerprint density at radius 1 is 1.26 bits per heavy atom. The quantitative estimate of drug-likeness (QED) is 0.508. The molecule has 0 N–H and O–H groups in total. The molecule has 1 aromatic rings. The maximum absolute atomic E-state index is 11.1. The lowest BCUT2D eigenvalue weighted by Gasteiger charge is -2.20. The highest BCUT2D eigenvalue weighted by molar-refractivity contribution is 6.01. The minimum Gasteiger partial charge on any atom is -0.545 e. The van der Waals surface area contributed by atoms with Gasteiger partial charge in [0.1, 0.15) is 6.10 Å². The van der Waals surface area contributed by atoms with Gasteiger partial charge in [0.2, 0.25) is 0 Å². The monoisotopic (exact) mass is 262 g/mol. The molecule has 0 aliphatic heterocycles. The minimum absolute atomic E-state index is 0.0110. The van der Waals surface area contributed by atoms with E-state index in [0.29, 0.717) is 0 Å². The van der Waals surface area contributed by atoms with Crippen molar-refractivity contribution in [1.82, 2.24) is 0 Å². The summed E-state index contributed by atoms with van der Waals surface area (Å²) >= 11 is 0. The molecule has 0 saturated carbocycles. The number of carbonyl (C=O) groups is 3. The largest absolute Gasteiger partial charge is 0.545 e. The molecule has 1 rings (SSSR count). The van der Waals surface area contributed by atoms with Gasteiger partial charge in [0.15, 0.2) is 0 Å². The fourth-order valence-electron chi connectivity index (χ4n) is 1.59. The van der Waals surface area contributed by atoms with Gasteiger partial charge in [-0.15, -0.1) is 0 Å². The molecule has 6 nitrogen and oxygen atoms in total. The Bertz CT molecular complexity index is 546. The summed E-state index contributed by atoms with van der Waals surface area (Å²) in [6, 6.07) is 3.73. The van der Waals surface area contributed by atoms with Crippen molar-refractivity contribution in [1.29, 1.82) is 0 Å². The van der Waals surface area contributed by atoms with Crippen molar-refractivity contribution in [3.63, 3.8) is 0 Å². The van der Waals surface area contributed by atoms with E-state index in [1.165, 1.54) is 19.1 Å². The molecule has 100 valence electrons. The van der Waals surface area contributed by atoms with Crippen LogP contribution in [0.2, 0.25) is 0 Å². The number of aromatic carboxylic acids is 2. The standard InChI is InChI=1S/C13H12O6/c1-3-10(14)19-7(2)8-5-4-6-9(12(15)16)11(8)13(17)18/h3-7H,1H2,2H3,(H,15,16)(H,17,18)/p-2. The fourth-order valence-corrected chi connectivity index (χ4v) is 1.59. The summed E-state index contributed by atoms with van der Waals surface area (Å²) in [7, 11) is 0. The van der Waals surface area contributed by atoms with E-state index in [1.54, 1.807) is 0 Å². The Labute approximate surface area is 108 Å². The fraction of sp³-hybridized carbons (Fsp3) is 0.154. The van der Waals surface area contributed by atoms with Gasteiger partial charge in [-0.25, -0.2) is 4.79 Å². The topological polar surface area (TPSA) is 107 Å². The number of carboxylic acid groups (broad SMARTS) is 2. The predicted octanol–water partition coefficient (Wildman–Crippen LogP) is -0.796. The summed E-state index contributed by atoms with van der Waals surface area (Å²) in [6.45, 7) is 4.61. The molecule has 0 fully saturated rings. The van der Waals surface area contributed by atoms with Gasteiger partial charge >= 0.3 is 5.97 Å². The summed E-state index contributed by atoms with van der Waals surface area (Å²) < 4.78 is 4.85. The van der Waals surface area contributed by atoms with E-state index in [-0.39, 0.29) is 5.56 Å². The smallest absolute Gasteiger partial charge is 0.330 e.